The lowest BCUT2D eigenvalue weighted by Gasteiger charge is -2.32. The van der Waals surface area contributed by atoms with E-state index in [1.54, 1.807) is 6.92 Å². The summed E-state index contributed by atoms with van der Waals surface area (Å²) in [5.41, 5.74) is -0.691. The van der Waals surface area contributed by atoms with Gasteiger partial charge in [0.25, 0.3) is 0 Å². The lowest BCUT2D eigenvalue weighted by Crippen LogP contribution is -2.42. The highest BCUT2D eigenvalue weighted by Gasteiger charge is 2.37. The van der Waals surface area contributed by atoms with Crippen LogP contribution in [0.25, 0.3) is 0 Å². The topological polar surface area (TPSA) is 28.2 Å². The van der Waals surface area contributed by atoms with Crippen molar-refractivity contribution >= 4 is 23.7 Å². The number of alkyl halides is 3. The van der Waals surface area contributed by atoms with Gasteiger partial charge in [0.1, 0.15) is 0 Å². The Morgan fingerprint density at radius 2 is 1.87 bits per heavy atom. The van der Waals surface area contributed by atoms with Gasteiger partial charge in [-0.3, -0.25) is 4.90 Å². The van der Waals surface area contributed by atoms with Crippen molar-refractivity contribution in [3.8, 4) is 0 Å². The molecule has 2 fully saturated rings. The Labute approximate surface area is 145 Å². The van der Waals surface area contributed by atoms with Crippen LogP contribution in [0.2, 0.25) is 0 Å². The van der Waals surface area contributed by atoms with Crippen LogP contribution in [0.15, 0.2) is 0 Å². The van der Waals surface area contributed by atoms with Gasteiger partial charge in [-0.2, -0.15) is 13.2 Å². The first-order chi connectivity index (χ1) is 10.4. The van der Waals surface area contributed by atoms with E-state index in [1.165, 1.54) is 24.2 Å². The predicted molar refractivity (Wildman–Crippen MR) is 88.1 cm³/mol. The van der Waals surface area contributed by atoms with Gasteiger partial charge in [0.05, 0.1) is 9.88 Å². The van der Waals surface area contributed by atoms with Crippen molar-refractivity contribution < 1.29 is 13.2 Å². The standard InChI is InChI=1S/C15H22F3N3S.ClH/c1-10-20-14(15(16,17)18)13(22-10)9-21-6-4-12(5-7-21)19-8-11-2-3-11;/h11-12,19H,2-9H2,1H3;1H. The van der Waals surface area contributed by atoms with E-state index in [-0.39, 0.29) is 12.4 Å². The van der Waals surface area contributed by atoms with Crippen molar-refractivity contribution in [3.05, 3.63) is 15.6 Å². The van der Waals surface area contributed by atoms with Gasteiger partial charge in [0.2, 0.25) is 0 Å². The van der Waals surface area contributed by atoms with Gasteiger partial charge in [-0.15, -0.1) is 23.7 Å². The molecule has 1 aliphatic heterocycles. The fourth-order valence-corrected chi connectivity index (χ4v) is 3.95. The minimum atomic E-state index is -4.34. The molecular weight excluding hydrogens is 347 g/mol. The molecule has 0 radical (unpaired) electrons. The third-order valence-electron chi connectivity index (χ3n) is 4.42. The van der Waals surface area contributed by atoms with Crippen molar-refractivity contribution in [1.82, 2.24) is 15.2 Å². The molecule has 132 valence electrons. The van der Waals surface area contributed by atoms with Crippen LogP contribution in [-0.4, -0.2) is 35.6 Å². The summed E-state index contributed by atoms with van der Waals surface area (Å²) >= 11 is 1.17. The predicted octanol–water partition coefficient (Wildman–Crippen LogP) is 3.86. The van der Waals surface area contributed by atoms with Crippen LogP contribution in [0.5, 0.6) is 0 Å². The van der Waals surface area contributed by atoms with E-state index in [9.17, 15) is 13.2 Å². The number of aromatic nitrogens is 1. The molecule has 1 N–H and O–H groups in total. The molecule has 1 aliphatic carbocycles. The van der Waals surface area contributed by atoms with Crippen LogP contribution >= 0.6 is 23.7 Å². The second kappa shape index (κ2) is 7.68. The zero-order valence-electron chi connectivity index (χ0n) is 13.2. The molecule has 0 atom stereocenters. The number of hydrogen-bond donors (Lipinski definition) is 1. The number of hydrogen-bond acceptors (Lipinski definition) is 4. The van der Waals surface area contributed by atoms with Crippen molar-refractivity contribution in [1.29, 1.82) is 0 Å². The van der Waals surface area contributed by atoms with E-state index >= 15 is 0 Å². The Morgan fingerprint density at radius 3 is 2.43 bits per heavy atom. The molecule has 3 nitrogen and oxygen atoms in total. The van der Waals surface area contributed by atoms with Crippen molar-refractivity contribution in [2.75, 3.05) is 19.6 Å². The Kier molecular flexibility index (Phi) is 6.33. The summed E-state index contributed by atoms with van der Waals surface area (Å²) in [4.78, 5) is 6.15. The summed E-state index contributed by atoms with van der Waals surface area (Å²) in [7, 11) is 0. The van der Waals surface area contributed by atoms with E-state index in [2.05, 4.69) is 15.2 Å². The van der Waals surface area contributed by atoms with E-state index in [0.717, 1.165) is 38.4 Å². The minimum absolute atomic E-state index is 0. The Balaban J connectivity index is 0.00000192. The summed E-state index contributed by atoms with van der Waals surface area (Å²) in [5, 5.41) is 4.08. The van der Waals surface area contributed by atoms with Gasteiger partial charge in [0, 0.05) is 25.7 Å². The second-order valence-corrected chi connectivity index (χ2v) is 7.69. The molecule has 1 aromatic heterocycles. The van der Waals surface area contributed by atoms with Crippen molar-refractivity contribution in [2.45, 2.75) is 51.4 Å². The molecule has 23 heavy (non-hydrogen) atoms. The summed E-state index contributed by atoms with van der Waals surface area (Å²) in [6, 6.07) is 0.530. The highest BCUT2D eigenvalue weighted by Crippen LogP contribution is 2.35. The number of piperidine rings is 1. The molecule has 0 spiro atoms. The number of likely N-dealkylation sites (tertiary alicyclic amines) is 1. The first-order valence-corrected chi connectivity index (χ1v) is 8.72. The van der Waals surface area contributed by atoms with Crippen LogP contribution in [0.4, 0.5) is 13.2 Å². The van der Waals surface area contributed by atoms with Gasteiger partial charge < -0.3 is 5.32 Å². The van der Waals surface area contributed by atoms with E-state index in [4.69, 9.17) is 0 Å². The van der Waals surface area contributed by atoms with E-state index < -0.39 is 11.9 Å². The first kappa shape index (κ1) is 19.0. The molecule has 1 aromatic rings. The van der Waals surface area contributed by atoms with Crippen LogP contribution < -0.4 is 5.32 Å². The number of thiazole rings is 1. The summed E-state index contributed by atoms with van der Waals surface area (Å²) in [5.74, 6) is 0.868. The summed E-state index contributed by atoms with van der Waals surface area (Å²) < 4.78 is 38.9. The summed E-state index contributed by atoms with van der Waals surface area (Å²) in [6.45, 7) is 4.83. The summed E-state index contributed by atoms with van der Waals surface area (Å²) in [6.07, 6.45) is 0.384. The highest BCUT2D eigenvalue weighted by molar-refractivity contribution is 7.11. The minimum Gasteiger partial charge on any atom is -0.314 e. The van der Waals surface area contributed by atoms with Crippen LogP contribution in [0.1, 0.15) is 41.3 Å². The second-order valence-electron chi connectivity index (χ2n) is 6.40. The Morgan fingerprint density at radius 1 is 1.22 bits per heavy atom. The third-order valence-corrected chi connectivity index (χ3v) is 5.38. The van der Waals surface area contributed by atoms with Gasteiger partial charge in [-0.25, -0.2) is 4.98 Å². The lowest BCUT2D eigenvalue weighted by atomic mass is 10.0. The van der Waals surface area contributed by atoms with Crippen molar-refractivity contribution in [2.24, 2.45) is 5.92 Å². The molecule has 0 bridgehead atoms. The molecule has 1 saturated heterocycles. The molecule has 3 rings (SSSR count). The zero-order chi connectivity index (χ0) is 15.7. The van der Waals surface area contributed by atoms with Gasteiger partial charge in [0.15, 0.2) is 5.69 Å². The van der Waals surface area contributed by atoms with E-state index in [0.29, 0.717) is 22.5 Å². The third kappa shape index (κ3) is 5.31. The van der Waals surface area contributed by atoms with Crippen LogP contribution in [0.3, 0.4) is 0 Å². The number of halogens is 4. The lowest BCUT2D eigenvalue weighted by molar-refractivity contribution is -0.141. The molecule has 0 aromatic carbocycles. The maximum atomic E-state index is 13.0. The highest BCUT2D eigenvalue weighted by atomic mass is 35.5. The molecule has 1 saturated carbocycles. The van der Waals surface area contributed by atoms with Gasteiger partial charge in [-0.05, 0) is 45.1 Å². The molecular formula is C15H23ClF3N3S. The van der Waals surface area contributed by atoms with Gasteiger partial charge in [-0.1, -0.05) is 0 Å². The van der Waals surface area contributed by atoms with Gasteiger partial charge >= 0.3 is 6.18 Å². The molecule has 0 amide bonds. The number of rotatable bonds is 5. The number of nitrogens with zero attached hydrogens (tertiary/aromatic N) is 2. The van der Waals surface area contributed by atoms with Crippen molar-refractivity contribution in [3.63, 3.8) is 0 Å². The molecule has 0 unspecified atom stereocenters. The zero-order valence-corrected chi connectivity index (χ0v) is 14.8. The monoisotopic (exact) mass is 369 g/mol. The molecule has 2 aliphatic rings. The van der Waals surface area contributed by atoms with Crippen LogP contribution in [0, 0.1) is 12.8 Å². The Bertz CT molecular complexity index is 509. The quantitative estimate of drug-likeness (QED) is 0.854. The fraction of sp³-hybridized carbons (Fsp3) is 0.800. The van der Waals surface area contributed by atoms with Crippen LogP contribution in [-0.2, 0) is 12.7 Å². The maximum absolute atomic E-state index is 13.0. The molecule has 8 heteroatoms. The maximum Gasteiger partial charge on any atom is 0.434 e. The normalized spacial score (nSPS) is 20.5. The average Bonchev–Trinajstić information content (AvgIpc) is 3.20. The fourth-order valence-electron chi connectivity index (χ4n) is 2.95. The first-order valence-electron chi connectivity index (χ1n) is 7.91. The number of nitrogens with one attached hydrogen (secondary N) is 1. The van der Waals surface area contributed by atoms with E-state index in [1.807, 2.05) is 0 Å². The smallest absolute Gasteiger partial charge is 0.314 e. The Hall–Kier alpha value is -0.370. The number of aryl methyl sites for hydroxylation is 1. The SMILES string of the molecule is Cc1nc(C(F)(F)F)c(CN2CCC(NCC3CC3)CC2)s1.Cl. The average molecular weight is 370 g/mol. The largest absolute Gasteiger partial charge is 0.434 e. The molecule has 2 heterocycles.